The van der Waals surface area contributed by atoms with Gasteiger partial charge in [-0.1, -0.05) is 180 Å². The van der Waals surface area contributed by atoms with Crippen LogP contribution in [0.25, 0.3) is 0 Å². The first-order chi connectivity index (χ1) is 27.5. The fourth-order valence-electron chi connectivity index (χ4n) is 9.59. The summed E-state index contributed by atoms with van der Waals surface area (Å²) in [6.07, 6.45) is 0. The molecular weight excluding hydrogens is 701 g/mol. The van der Waals surface area contributed by atoms with Crippen molar-refractivity contribution < 1.29 is 0 Å². The molecule has 0 saturated carbocycles. The van der Waals surface area contributed by atoms with Crippen LogP contribution in [0, 0.1) is 69.2 Å². The Bertz CT molecular complexity index is 2020. The predicted molar refractivity (Wildman–Crippen MR) is 253 cm³/mol. The molecule has 2 nitrogen and oxygen atoms in total. The first-order valence-electron chi connectivity index (χ1n) is 21.6. The zero-order chi connectivity index (χ0) is 42.0. The highest BCUT2D eigenvalue weighted by molar-refractivity contribution is 5.67. The van der Waals surface area contributed by atoms with E-state index in [2.05, 4.69) is 205 Å². The van der Waals surface area contributed by atoms with Crippen LogP contribution < -0.4 is 10.6 Å². The summed E-state index contributed by atoms with van der Waals surface area (Å²) in [4.78, 5) is 0. The molecule has 0 aliphatic rings. The first-order valence-corrected chi connectivity index (χ1v) is 21.6. The van der Waals surface area contributed by atoms with Crippen molar-refractivity contribution in [1.29, 1.82) is 0 Å². The van der Waals surface area contributed by atoms with Gasteiger partial charge in [0, 0.05) is 48.1 Å². The molecule has 2 N–H and O–H groups in total. The quantitative estimate of drug-likeness (QED) is 0.114. The highest BCUT2D eigenvalue weighted by atomic mass is 15.0. The topological polar surface area (TPSA) is 24.1 Å². The fourth-order valence-corrected chi connectivity index (χ4v) is 9.59. The SMILES string of the molecule is Cc1cc(C)cc(C(C)c2cc(C)cc(C(C)c3cc(C)cc(C)c3)c2NCCNc2c(C(C)c3cc(C)cc(C)c3)cc(C)cc2[C@@H](C)c2cc(C)cc(C)c2)c1. The molecule has 0 radical (unpaired) electrons. The molecule has 0 saturated heterocycles. The zero-order valence-electron chi connectivity index (χ0n) is 38.0. The van der Waals surface area contributed by atoms with Gasteiger partial charge in [-0.2, -0.15) is 0 Å². The van der Waals surface area contributed by atoms with Gasteiger partial charge >= 0.3 is 0 Å². The molecule has 6 rings (SSSR count). The van der Waals surface area contributed by atoms with Crippen LogP contribution in [0.2, 0.25) is 0 Å². The Labute approximate surface area is 351 Å². The second-order valence-corrected chi connectivity index (χ2v) is 18.1. The van der Waals surface area contributed by atoms with Crippen molar-refractivity contribution in [2.45, 2.75) is 121 Å². The van der Waals surface area contributed by atoms with E-state index < -0.39 is 0 Å². The van der Waals surface area contributed by atoms with E-state index >= 15 is 0 Å². The lowest BCUT2D eigenvalue weighted by atomic mass is 9.83. The van der Waals surface area contributed by atoms with Gasteiger partial charge in [-0.3, -0.25) is 0 Å². The van der Waals surface area contributed by atoms with Crippen molar-refractivity contribution in [3.05, 3.63) is 197 Å². The van der Waals surface area contributed by atoms with E-state index in [1.165, 1.54) is 112 Å². The van der Waals surface area contributed by atoms with Gasteiger partial charge in [-0.25, -0.2) is 0 Å². The van der Waals surface area contributed by atoms with E-state index in [4.69, 9.17) is 0 Å². The molecule has 4 atom stereocenters. The van der Waals surface area contributed by atoms with Crippen LogP contribution >= 0.6 is 0 Å². The number of rotatable bonds is 13. The molecule has 3 unspecified atom stereocenters. The van der Waals surface area contributed by atoms with Crippen molar-refractivity contribution in [3.63, 3.8) is 0 Å². The molecule has 6 aromatic rings. The molecule has 2 heteroatoms. The summed E-state index contributed by atoms with van der Waals surface area (Å²) in [6, 6.07) is 37.7. The van der Waals surface area contributed by atoms with Crippen LogP contribution in [-0.2, 0) is 0 Å². The van der Waals surface area contributed by atoms with Gasteiger partial charge in [0.05, 0.1) is 0 Å². The van der Waals surface area contributed by atoms with E-state index in [-0.39, 0.29) is 23.7 Å². The Morgan fingerprint density at radius 2 is 0.448 bits per heavy atom. The standard InChI is InChI=1S/C56H68N2/c1-33-17-34(2)22-47(21-33)43(11)51-29-41(9)30-52(44(12)48-23-35(3)18-36(4)24-48)55(51)57-15-16-58-56-53(45(13)49-25-37(5)19-38(6)26-49)31-42(10)32-54(56)46(14)50-27-39(7)20-40(8)28-50/h17-32,43-46,57-58H,15-16H2,1-14H3/t43-,44?,45?,46?/m0/s1. The molecular formula is C56H68N2. The summed E-state index contributed by atoms with van der Waals surface area (Å²) in [5, 5.41) is 8.16. The van der Waals surface area contributed by atoms with Gasteiger partial charge in [0.15, 0.2) is 0 Å². The van der Waals surface area contributed by atoms with Crippen molar-refractivity contribution >= 4 is 11.4 Å². The molecule has 6 aromatic carbocycles. The summed E-state index contributed by atoms with van der Waals surface area (Å²) < 4.78 is 0. The molecule has 302 valence electrons. The van der Waals surface area contributed by atoms with Crippen molar-refractivity contribution in [3.8, 4) is 0 Å². The Balaban J connectivity index is 1.41. The molecule has 58 heavy (non-hydrogen) atoms. The molecule has 0 bridgehead atoms. The number of nitrogens with one attached hydrogen (secondary N) is 2. The van der Waals surface area contributed by atoms with Crippen LogP contribution in [-0.4, -0.2) is 13.1 Å². The normalized spacial score (nSPS) is 13.6. The first kappa shape index (κ1) is 42.5. The fraction of sp³-hybridized carbons (Fsp3) is 0.357. The summed E-state index contributed by atoms with van der Waals surface area (Å²) in [6.45, 7) is 33.3. The van der Waals surface area contributed by atoms with Gasteiger partial charge in [0.25, 0.3) is 0 Å². The molecule has 0 amide bonds. The maximum Gasteiger partial charge on any atom is 0.0418 e. The zero-order valence-corrected chi connectivity index (χ0v) is 38.0. The summed E-state index contributed by atoms with van der Waals surface area (Å²) in [5.74, 6) is 0.914. The maximum atomic E-state index is 4.08. The van der Waals surface area contributed by atoms with Crippen LogP contribution in [0.15, 0.2) is 97.1 Å². The smallest absolute Gasteiger partial charge is 0.0418 e. The van der Waals surface area contributed by atoms with Crippen molar-refractivity contribution in [2.75, 3.05) is 23.7 Å². The average molecular weight is 769 g/mol. The van der Waals surface area contributed by atoms with E-state index in [1.807, 2.05) is 0 Å². The third kappa shape index (κ3) is 9.78. The summed E-state index contributed by atoms with van der Waals surface area (Å²) in [7, 11) is 0. The molecule has 0 fully saturated rings. The van der Waals surface area contributed by atoms with Gasteiger partial charge in [-0.05, 0) is 114 Å². The molecule has 0 aliphatic carbocycles. The minimum atomic E-state index is 0.228. The lowest BCUT2D eigenvalue weighted by Crippen LogP contribution is -2.20. The predicted octanol–water partition coefficient (Wildman–Crippen LogP) is 14.9. The largest absolute Gasteiger partial charge is 0.383 e. The van der Waals surface area contributed by atoms with E-state index in [0.717, 1.165) is 13.1 Å². The molecule has 0 aliphatic heterocycles. The Morgan fingerprint density at radius 1 is 0.276 bits per heavy atom. The van der Waals surface area contributed by atoms with Crippen LogP contribution in [0.1, 0.15) is 152 Å². The van der Waals surface area contributed by atoms with Crippen molar-refractivity contribution in [1.82, 2.24) is 0 Å². The average Bonchev–Trinajstić information content (AvgIpc) is 3.14. The summed E-state index contributed by atoms with van der Waals surface area (Å²) >= 11 is 0. The third-order valence-electron chi connectivity index (χ3n) is 12.3. The number of hydrogen-bond acceptors (Lipinski definition) is 2. The summed E-state index contributed by atoms with van der Waals surface area (Å²) in [5.41, 5.74) is 26.5. The van der Waals surface area contributed by atoms with E-state index in [0.29, 0.717) is 0 Å². The van der Waals surface area contributed by atoms with Gasteiger partial charge in [0.2, 0.25) is 0 Å². The number of hydrogen-bond donors (Lipinski definition) is 2. The maximum absolute atomic E-state index is 4.08. The second kappa shape index (κ2) is 17.8. The lowest BCUT2D eigenvalue weighted by Gasteiger charge is -2.28. The number of benzene rings is 6. The van der Waals surface area contributed by atoms with Gasteiger partial charge < -0.3 is 10.6 Å². The molecule has 0 heterocycles. The van der Waals surface area contributed by atoms with Gasteiger partial charge in [-0.15, -0.1) is 0 Å². The van der Waals surface area contributed by atoms with Gasteiger partial charge in [0.1, 0.15) is 0 Å². The highest BCUT2D eigenvalue weighted by Crippen LogP contribution is 2.42. The minimum Gasteiger partial charge on any atom is -0.383 e. The lowest BCUT2D eigenvalue weighted by molar-refractivity contribution is 0.869. The second-order valence-electron chi connectivity index (χ2n) is 18.1. The van der Waals surface area contributed by atoms with E-state index in [9.17, 15) is 0 Å². The minimum absolute atomic E-state index is 0.228. The monoisotopic (exact) mass is 769 g/mol. The molecule has 0 aromatic heterocycles. The van der Waals surface area contributed by atoms with Crippen LogP contribution in [0.4, 0.5) is 11.4 Å². The van der Waals surface area contributed by atoms with Crippen LogP contribution in [0.5, 0.6) is 0 Å². The Morgan fingerprint density at radius 3 is 0.638 bits per heavy atom. The highest BCUT2D eigenvalue weighted by Gasteiger charge is 2.24. The molecule has 0 spiro atoms. The Hall–Kier alpha value is -5.08. The number of aryl methyl sites for hydroxylation is 10. The van der Waals surface area contributed by atoms with Crippen LogP contribution in [0.3, 0.4) is 0 Å². The third-order valence-corrected chi connectivity index (χ3v) is 12.3. The van der Waals surface area contributed by atoms with Crippen molar-refractivity contribution in [2.24, 2.45) is 0 Å². The van der Waals surface area contributed by atoms with E-state index in [1.54, 1.807) is 0 Å². The number of anilines is 2. The Kier molecular flexibility index (Phi) is 13.1.